The van der Waals surface area contributed by atoms with Crippen LogP contribution < -0.4 is 4.90 Å². The van der Waals surface area contributed by atoms with Gasteiger partial charge in [-0.3, -0.25) is 14.6 Å². The molecule has 34 heavy (non-hydrogen) atoms. The van der Waals surface area contributed by atoms with E-state index in [1.165, 1.54) is 5.56 Å². The van der Waals surface area contributed by atoms with Gasteiger partial charge in [-0.15, -0.1) is 0 Å². The van der Waals surface area contributed by atoms with Gasteiger partial charge in [-0.25, -0.2) is 0 Å². The summed E-state index contributed by atoms with van der Waals surface area (Å²) >= 11 is 0. The Balaban J connectivity index is 1.47. The Morgan fingerprint density at radius 1 is 1.18 bits per heavy atom. The number of amides is 1. The van der Waals surface area contributed by atoms with Crippen LogP contribution in [0.3, 0.4) is 0 Å². The molecule has 1 saturated heterocycles. The summed E-state index contributed by atoms with van der Waals surface area (Å²) < 4.78 is 5.34. The monoisotopic (exact) mass is 463 g/mol. The number of morpholine rings is 1. The largest absolute Gasteiger partial charge is 0.481 e. The number of hydrogen-bond acceptors (Lipinski definition) is 5. The molecule has 180 valence electrons. The molecule has 1 fully saturated rings. The average Bonchev–Trinajstić information content (AvgIpc) is 2.86. The maximum atomic E-state index is 13.3. The van der Waals surface area contributed by atoms with Crippen LogP contribution in [0.15, 0.2) is 47.6 Å². The second kappa shape index (κ2) is 10.8. The highest BCUT2D eigenvalue weighted by Gasteiger charge is 2.30. The third-order valence-electron chi connectivity index (χ3n) is 6.97. The van der Waals surface area contributed by atoms with Crippen molar-refractivity contribution < 1.29 is 19.4 Å². The Labute approximate surface area is 201 Å². The number of aliphatic carboxylic acids is 1. The van der Waals surface area contributed by atoms with E-state index in [4.69, 9.17) is 4.74 Å². The topological polar surface area (TPSA) is 82.4 Å². The highest BCUT2D eigenvalue weighted by molar-refractivity contribution is 6.06. The number of nitrogens with zero attached hydrogens (tertiary/aromatic N) is 3. The number of benzene rings is 2. The van der Waals surface area contributed by atoms with Crippen molar-refractivity contribution in [3.8, 4) is 0 Å². The lowest BCUT2D eigenvalue weighted by Crippen LogP contribution is -2.32. The zero-order valence-electron chi connectivity index (χ0n) is 19.9. The Morgan fingerprint density at radius 3 is 2.59 bits per heavy atom. The minimum absolute atomic E-state index is 0.0762. The number of carboxylic acid groups (broad SMARTS) is 1. The fraction of sp³-hybridized carbons (Fsp3) is 0.444. The van der Waals surface area contributed by atoms with Gasteiger partial charge < -0.3 is 14.7 Å². The normalized spacial score (nSPS) is 20.2. The van der Waals surface area contributed by atoms with E-state index < -0.39 is 5.97 Å². The van der Waals surface area contributed by atoms with Gasteiger partial charge in [0.05, 0.1) is 32.5 Å². The maximum absolute atomic E-state index is 13.3. The average molecular weight is 464 g/mol. The number of carboxylic acids is 1. The summed E-state index contributed by atoms with van der Waals surface area (Å²) in [6, 6.07) is 13.7. The molecule has 1 N–H and O–H groups in total. The molecule has 0 aromatic heterocycles. The zero-order chi connectivity index (χ0) is 24.1. The molecular formula is C27H33N3O4. The molecule has 1 aliphatic heterocycles. The molecule has 0 spiro atoms. The number of anilines is 1. The summed E-state index contributed by atoms with van der Waals surface area (Å²) in [5, 5.41) is 15.8. The number of fused-ring (bicyclic) bond motifs is 1. The van der Waals surface area contributed by atoms with Gasteiger partial charge >= 0.3 is 5.97 Å². The molecule has 0 saturated carbocycles. The van der Waals surface area contributed by atoms with Crippen LogP contribution >= 0.6 is 0 Å². The van der Waals surface area contributed by atoms with E-state index >= 15 is 0 Å². The highest BCUT2D eigenvalue weighted by Crippen LogP contribution is 2.40. The molecule has 2 aromatic carbocycles. The van der Waals surface area contributed by atoms with Crippen LogP contribution in [0.5, 0.6) is 0 Å². The van der Waals surface area contributed by atoms with Gasteiger partial charge in [-0.2, -0.15) is 5.10 Å². The first-order chi connectivity index (χ1) is 16.5. The minimum Gasteiger partial charge on any atom is -0.481 e. The van der Waals surface area contributed by atoms with Crippen LogP contribution in [-0.2, 0) is 16.0 Å². The first kappa shape index (κ1) is 24.0. The molecule has 2 atom stereocenters. The Bertz CT molecular complexity index is 1040. The van der Waals surface area contributed by atoms with Gasteiger partial charge in [0.1, 0.15) is 0 Å². The van der Waals surface area contributed by atoms with Gasteiger partial charge in [0.15, 0.2) is 0 Å². The Kier molecular flexibility index (Phi) is 7.63. The molecule has 2 aliphatic rings. The number of aryl methyl sites for hydroxylation is 1. The van der Waals surface area contributed by atoms with Crippen LogP contribution in [0.25, 0.3) is 0 Å². The van der Waals surface area contributed by atoms with Crippen molar-refractivity contribution >= 4 is 23.8 Å². The predicted octanol–water partition coefficient (Wildman–Crippen LogP) is 4.16. The van der Waals surface area contributed by atoms with Crippen molar-refractivity contribution in [3.05, 3.63) is 64.7 Å². The molecule has 0 radical (unpaired) electrons. The predicted molar refractivity (Wildman–Crippen MR) is 133 cm³/mol. The van der Waals surface area contributed by atoms with Gasteiger partial charge in [0.25, 0.3) is 5.91 Å². The summed E-state index contributed by atoms with van der Waals surface area (Å²) in [5.74, 6) is -0.544. The van der Waals surface area contributed by atoms with Gasteiger partial charge in [-0.1, -0.05) is 25.1 Å². The number of carbonyl (C=O) groups excluding carboxylic acids is 1. The van der Waals surface area contributed by atoms with Crippen LogP contribution in [0, 0.1) is 5.92 Å². The van der Waals surface area contributed by atoms with Crippen LogP contribution in [0.4, 0.5) is 5.69 Å². The quantitative estimate of drug-likeness (QED) is 0.624. The van der Waals surface area contributed by atoms with Crippen molar-refractivity contribution in [1.29, 1.82) is 0 Å². The van der Waals surface area contributed by atoms with Gasteiger partial charge in [0.2, 0.25) is 0 Å². The van der Waals surface area contributed by atoms with Gasteiger partial charge in [0, 0.05) is 24.7 Å². The first-order valence-corrected chi connectivity index (χ1v) is 12.1. The van der Waals surface area contributed by atoms with Gasteiger partial charge in [-0.05, 0) is 72.1 Å². The van der Waals surface area contributed by atoms with Crippen molar-refractivity contribution in [2.75, 3.05) is 38.3 Å². The van der Waals surface area contributed by atoms with Crippen LogP contribution in [0.2, 0.25) is 0 Å². The number of hydrazone groups is 1. The van der Waals surface area contributed by atoms with E-state index in [1.807, 2.05) is 53.7 Å². The molecule has 1 heterocycles. The molecule has 4 rings (SSSR count). The minimum atomic E-state index is -0.752. The lowest BCUT2D eigenvalue weighted by molar-refractivity contribution is -0.138. The summed E-state index contributed by atoms with van der Waals surface area (Å²) in [5.41, 5.74) is 4.78. The molecule has 7 heteroatoms. The third-order valence-corrected chi connectivity index (χ3v) is 6.97. The van der Waals surface area contributed by atoms with E-state index in [0.29, 0.717) is 18.8 Å². The van der Waals surface area contributed by atoms with E-state index in [0.717, 1.165) is 49.2 Å². The highest BCUT2D eigenvalue weighted by atomic mass is 16.5. The second-order valence-electron chi connectivity index (χ2n) is 9.09. The lowest BCUT2D eigenvalue weighted by Gasteiger charge is -2.33. The molecule has 1 amide bonds. The summed E-state index contributed by atoms with van der Waals surface area (Å²) in [6.45, 7) is 5.08. The van der Waals surface area contributed by atoms with Crippen molar-refractivity contribution in [2.45, 2.75) is 38.5 Å². The van der Waals surface area contributed by atoms with Crippen LogP contribution in [-0.4, -0.2) is 61.6 Å². The zero-order valence-corrected chi connectivity index (χ0v) is 19.9. The first-order valence-electron chi connectivity index (χ1n) is 12.1. The molecular weight excluding hydrogens is 430 g/mol. The molecule has 1 aliphatic carbocycles. The number of carbonyl (C=O) groups is 2. The Hall–Kier alpha value is -3.19. The SMILES string of the molecule is CCC1c2cc(C(=O)N(C)c3ccc(C=NN4CCOCC4)cc3)ccc2CCC1CC(=O)O. The lowest BCUT2D eigenvalue weighted by atomic mass is 9.72. The van der Waals surface area contributed by atoms with Crippen molar-refractivity contribution in [3.63, 3.8) is 0 Å². The Morgan fingerprint density at radius 2 is 1.91 bits per heavy atom. The summed E-state index contributed by atoms with van der Waals surface area (Å²) in [4.78, 5) is 26.3. The number of ether oxygens (including phenoxy) is 1. The number of rotatable bonds is 7. The molecule has 7 nitrogen and oxygen atoms in total. The number of hydrogen-bond donors (Lipinski definition) is 1. The molecule has 0 bridgehead atoms. The van der Waals surface area contributed by atoms with Crippen LogP contribution in [0.1, 0.15) is 59.2 Å². The van der Waals surface area contributed by atoms with E-state index in [2.05, 4.69) is 12.0 Å². The van der Waals surface area contributed by atoms with E-state index in [1.54, 1.807) is 11.9 Å². The molecule has 2 aromatic rings. The van der Waals surface area contributed by atoms with Crippen molar-refractivity contribution in [2.24, 2.45) is 11.0 Å². The summed E-state index contributed by atoms with van der Waals surface area (Å²) in [7, 11) is 1.78. The van der Waals surface area contributed by atoms with Crippen molar-refractivity contribution in [1.82, 2.24) is 5.01 Å². The maximum Gasteiger partial charge on any atom is 0.303 e. The second-order valence-corrected chi connectivity index (χ2v) is 9.09. The standard InChI is InChI=1S/C27H33N3O4/c1-3-24-21(17-26(31)32)8-6-20-7-9-22(16-25(20)24)27(33)29(2)23-10-4-19(5-11-23)18-28-30-12-14-34-15-13-30/h4-5,7,9-11,16,18,21,24H,3,6,8,12-15,17H2,1-2H3,(H,31,32). The van der Waals surface area contributed by atoms with E-state index in [9.17, 15) is 14.7 Å². The fourth-order valence-corrected chi connectivity index (χ4v) is 5.03. The van der Waals surface area contributed by atoms with E-state index in [-0.39, 0.29) is 24.2 Å². The fourth-order valence-electron chi connectivity index (χ4n) is 5.03. The third kappa shape index (κ3) is 5.47. The smallest absolute Gasteiger partial charge is 0.303 e. The summed E-state index contributed by atoms with van der Waals surface area (Å²) in [6.07, 6.45) is 4.62. The molecule has 2 unspecified atom stereocenters.